The van der Waals surface area contributed by atoms with Crippen LogP contribution < -0.4 is 5.32 Å². The second kappa shape index (κ2) is 6.59. The van der Waals surface area contributed by atoms with Crippen molar-refractivity contribution >= 4 is 0 Å². The number of fused-ring (bicyclic) bond motifs is 1. The van der Waals surface area contributed by atoms with E-state index < -0.39 is 12.7 Å². The summed E-state index contributed by atoms with van der Waals surface area (Å²) in [6.45, 7) is 4.00. The van der Waals surface area contributed by atoms with E-state index >= 15 is 0 Å². The molecule has 0 aliphatic carbocycles. The molecule has 0 saturated carbocycles. The van der Waals surface area contributed by atoms with E-state index in [2.05, 4.69) is 18.3 Å². The molecule has 5 heteroatoms. The second-order valence-electron chi connectivity index (χ2n) is 5.36. The zero-order valence-corrected chi connectivity index (χ0v) is 11.8. The molecule has 1 aromatic rings. The molecule has 2 rings (SSSR count). The molecular formula is C15H21F3N2. The Kier molecular flexibility index (Phi) is 5.05. The molecule has 1 heterocycles. The lowest BCUT2D eigenvalue weighted by Crippen LogP contribution is -2.38. The Labute approximate surface area is 118 Å². The molecule has 0 aromatic heterocycles. The normalized spacial score (nSPS) is 16.2. The molecule has 0 radical (unpaired) electrons. The number of benzene rings is 1. The lowest BCUT2D eigenvalue weighted by molar-refractivity contribution is -0.147. The molecule has 0 fully saturated rings. The lowest BCUT2D eigenvalue weighted by atomic mass is 9.97. The topological polar surface area (TPSA) is 15.3 Å². The number of alkyl halides is 3. The van der Waals surface area contributed by atoms with E-state index in [1.54, 1.807) is 0 Å². The monoisotopic (exact) mass is 286 g/mol. The van der Waals surface area contributed by atoms with Gasteiger partial charge in [-0.05, 0) is 36.1 Å². The van der Waals surface area contributed by atoms with Gasteiger partial charge < -0.3 is 5.32 Å². The van der Waals surface area contributed by atoms with Crippen LogP contribution in [-0.4, -0.2) is 30.7 Å². The van der Waals surface area contributed by atoms with Crippen LogP contribution >= 0.6 is 0 Å². The van der Waals surface area contributed by atoms with Gasteiger partial charge in [-0.2, -0.15) is 13.2 Å². The van der Waals surface area contributed by atoms with Crippen LogP contribution in [0.2, 0.25) is 0 Å². The Hall–Kier alpha value is -1.07. The standard InChI is InChI=1S/C15H21F3N2/c1-2-6-19-9-12-3-4-14-10-20(11-15(16,17)18)7-5-13(14)8-12/h3-4,8,19H,2,5-7,9-11H2,1H3. The first-order chi connectivity index (χ1) is 9.48. The molecule has 20 heavy (non-hydrogen) atoms. The van der Waals surface area contributed by atoms with E-state index in [0.717, 1.165) is 25.1 Å². The number of halogens is 3. The summed E-state index contributed by atoms with van der Waals surface area (Å²) in [6, 6.07) is 6.11. The van der Waals surface area contributed by atoms with Crippen molar-refractivity contribution in [1.29, 1.82) is 0 Å². The molecule has 0 amide bonds. The van der Waals surface area contributed by atoms with E-state index in [1.807, 2.05) is 12.1 Å². The van der Waals surface area contributed by atoms with Gasteiger partial charge in [0.15, 0.2) is 0 Å². The van der Waals surface area contributed by atoms with Crippen molar-refractivity contribution in [2.75, 3.05) is 19.6 Å². The minimum absolute atomic E-state index is 0.400. The highest BCUT2D eigenvalue weighted by Gasteiger charge is 2.32. The van der Waals surface area contributed by atoms with Gasteiger partial charge in [0.2, 0.25) is 0 Å². The van der Waals surface area contributed by atoms with Gasteiger partial charge in [-0.1, -0.05) is 25.1 Å². The van der Waals surface area contributed by atoms with Gasteiger partial charge in [0.1, 0.15) is 0 Å². The molecule has 0 bridgehead atoms. The maximum atomic E-state index is 12.4. The maximum Gasteiger partial charge on any atom is 0.401 e. The van der Waals surface area contributed by atoms with Gasteiger partial charge in [0.25, 0.3) is 0 Å². The van der Waals surface area contributed by atoms with Crippen molar-refractivity contribution < 1.29 is 13.2 Å². The molecule has 112 valence electrons. The van der Waals surface area contributed by atoms with E-state index in [-0.39, 0.29) is 0 Å². The third-order valence-electron chi connectivity index (χ3n) is 3.52. The summed E-state index contributed by atoms with van der Waals surface area (Å²) in [5.41, 5.74) is 3.43. The van der Waals surface area contributed by atoms with E-state index in [4.69, 9.17) is 0 Å². The molecule has 1 aromatic carbocycles. The summed E-state index contributed by atoms with van der Waals surface area (Å²) >= 11 is 0. The van der Waals surface area contributed by atoms with Crippen LogP contribution in [0.1, 0.15) is 30.0 Å². The minimum atomic E-state index is -4.11. The average molecular weight is 286 g/mol. The summed E-state index contributed by atoms with van der Waals surface area (Å²) in [4.78, 5) is 1.47. The number of hydrogen-bond acceptors (Lipinski definition) is 2. The van der Waals surface area contributed by atoms with Crippen molar-refractivity contribution in [1.82, 2.24) is 10.2 Å². The second-order valence-corrected chi connectivity index (χ2v) is 5.36. The molecule has 1 aliphatic rings. The number of hydrogen-bond donors (Lipinski definition) is 1. The summed E-state index contributed by atoms with van der Waals surface area (Å²) in [5.74, 6) is 0. The van der Waals surface area contributed by atoms with Gasteiger partial charge in [0, 0.05) is 19.6 Å². The highest BCUT2D eigenvalue weighted by atomic mass is 19.4. The molecule has 1 N–H and O–H groups in total. The average Bonchev–Trinajstić information content (AvgIpc) is 2.37. The van der Waals surface area contributed by atoms with Gasteiger partial charge in [-0.25, -0.2) is 0 Å². The lowest BCUT2D eigenvalue weighted by Gasteiger charge is -2.29. The Morgan fingerprint density at radius 1 is 1.25 bits per heavy atom. The van der Waals surface area contributed by atoms with Gasteiger partial charge in [-0.15, -0.1) is 0 Å². The largest absolute Gasteiger partial charge is 0.401 e. The van der Waals surface area contributed by atoms with E-state index in [1.165, 1.54) is 16.0 Å². The molecule has 0 spiro atoms. The summed E-state index contributed by atoms with van der Waals surface area (Å²) < 4.78 is 37.2. The van der Waals surface area contributed by atoms with Gasteiger partial charge in [-0.3, -0.25) is 4.90 Å². The van der Waals surface area contributed by atoms with Crippen molar-refractivity contribution in [3.05, 3.63) is 34.9 Å². The van der Waals surface area contributed by atoms with Crippen LogP contribution in [0.15, 0.2) is 18.2 Å². The summed E-state index contributed by atoms with van der Waals surface area (Å²) in [7, 11) is 0. The van der Waals surface area contributed by atoms with E-state index in [9.17, 15) is 13.2 Å². The highest BCUT2D eigenvalue weighted by Crippen LogP contribution is 2.24. The molecule has 0 saturated heterocycles. The zero-order chi connectivity index (χ0) is 14.6. The molecule has 0 unspecified atom stereocenters. The van der Waals surface area contributed by atoms with Crippen LogP contribution in [0.25, 0.3) is 0 Å². The minimum Gasteiger partial charge on any atom is -0.313 e. The van der Waals surface area contributed by atoms with E-state index in [0.29, 0.717) is 19.5 Å². The first kappa shape index (κ1) is 15.3. The van der Waals surface area contributed by atoms with Crippen LogP contribution in [0, 0.1) is 0 Å². The summed E-state index contributed by atoms with van der Waals surface area (Å²) in [5, 5.41) is 3.34. The Balaban J connectivity index is 1.96. The van der Waals surface area contributed by atoms with Crippen molar-refractivity contribution in [3.8, 4) is 0 Å². The Bertz CT molecular complexity index is 443. The maximum absolute atomic E-state index is 12.4. The fourth-order valence-electron chi connectivity index (χ4n) is 2.57. The first-order valence-electron chi connectivity index (χ1n) is 7.08. The number of nitrogens with zero attached hydrogens (tertiary/aromatic N) is 1. The third-order valence-corrected chi connectivity index (χ3v) is 3.52. The van der Waals surface area contributed by atoms with Crippen LogP contribution in [0.3, 0.4) is 0 Å². The fourth-order valence-corrected chi connectivity index (χ4v) is 2.57. The third kappa shape index (κ3) is 4.49. The zero-order valence-electron chi connectivity index (χ0n) is 11.8. The molecule has 0 atom stereocenters. The predicted molar refractivity (Wildman–Crippen MR) is 73.5 cm³/mol. The quantitative estimate of drug-likeness (QED) is 0.837. The van der Waals surface area contributed by atoms with Crippen LogP contribution in [-0.2, 0) is 19.5 Å². The fraction of sp³-hybridized carbons (Fsp3) is 0.600. The number of rotatable bonds is 5. The molecule has 2 nitrogen and oxygen atoms in total. The highest BCUT2D eigenvalue weighted by molar-refractivity contribution is 5.33. The van der Waals surface area contributed by atoms with Crippen LogP contribution in [0.5, 0.6) is 0 Å². The Morgan fingerprint density at radius 2 is 2.05 bits per heavy atom. The predicted octanol–water partition coefficient (Wildman–Crippen LogP) is 3.11. The van der Waals surface area contributed by atoms with Gasteiger partial charge >= 0.3 is 6.18 Å². The molecular weight excluding hydrogens is 265 g/mol. The number of nitrogens with one attached hydrogen (secondary N) is 1. The van der Waals surface area contributed by atoms with Crippen LogP contribution in [0.4, 0.5) is 13.2 Å². The first-order valence-corrected chi connectivity index (χ1v) is 7.08. The SMILES string of the molecule is CCCNCc1ccc2c(c1)CCN(CC(F)(F)F)C2. The molecule has 1 aliphatic heterocycles. The van der Waals surface area contributed by atoms with Gasteiger partial charge in [0.05, 0.1) is 6.54 Å². The summed E-state index contributed by atoms with van der Waals surface area (Å²) in [6.07, 6.45) is -2.31. The van der Waals surface area contributed by atoms with Crippen molar-refractivity contribution in [2.45, 2.75) is 39.0 Å². The Morgan fingerprint density at radius 3 is 2.75 bits per heavy atom. The smallest absolute Gasteiger partial charge is 0.313 e. The van der Waals surface area contributed by atoms with Crippen molar-refractivity contribution in [2.24, 2.45) is 0 Å². The van der Waals surface area contributed by atoms with Crippen molar-refractivity contribution in [3.63, 3.8) is 0 Å².